The van der Waals surface area contributed by atoms with Crippen LogP contribution >= 0.6 is 0 Å². The molecule has 0 amide bonds. The van der Waals surface area contributed by atoms with Crippen LogP contribution in [0.15, 0.2) is 0 Å². The fraction of sp³-hybridized carbons (Fsp3) is 0.600. The predicted molar refractivity (Wildman–Crippen MR) is 32.5 cm³/mol. The molecule has 0 saturated heterocycles. The van der Waals surface area contributed by atoms with Crippen LogP contribution in [-0.2, 0) is 9.53 Å². The van der Waals surface area contributed by atoms with Gasteiger partial charge in [-0.1, -0.05) is 4.92 Å². The second kappa shape index (κ2) is 6.45. The topological polar surface area (TPSA) is 69.4 Å². The van der Waals surface area contributed by atoms with Gasteiger partial charge in [0.1, 0.15) is 0 Å². The summed E-state index contributed by atoms with van der Waals surface area (Å²) in [5.41, 5.74) is 0. The molecule has 0 aromatic rings. The third-order valence-electron chi connectivity index (χ3n) is 0.845. The Balaban J connectivity index is 0. The Morgan fingerprint density at radius 2 is 2.18 bits per heavy atom. The Morgan fingerprint density at radius 3 is 2.45 bits per heavy atom. The molecule has 0 bridgehead atoms. The molecule has 0 atom stereocenters. The van der Waals surface area contributed by atoms with E-state index in [0.717, 1.165) is 6.92 Å². The van der Waals surface area contributed by atoms with Gasteiger partial charge >= 0.3 is 29.6 Å². The summed E-state index contributed by atoms with van der Waals surface area (Å²) < 4.78 is 4.35. The van der Waals surface area contributed by atoms with E-state index in [1.54, 1.807) is 6.92 Å². The summed E-state index contributed by atoms with van der Waals surface area (Å²) in [7, 11) is 0. The van der Waals surface area contributed by atoms with E-state index in [9.17, 15) is 14.9 Å². The number of carbonyl (C=O) groups is 1. The molecule has 5 nitrogen and oxygen atoms in total. The normalized spacial score (nSPS) is 7.82. The van der Waals surface area contributed by atoms with Crippen molar-refractivity contribution in [2.75, 3.05) is 6.61 Å². The minimum Gasteiger partial charge on any atom is -0.484 e. The number of nitrogens with zero attached hydrogens (tertiary/aromatic N) is 1. The van der Waals surface area contributed by atoms with E-state index in [0.29, 0.717) is 0 Å². The van der Waals surface area contributed by atoms with Crippen LogP contribution in [0.25, 0.3) is 0 Å². The Hall–Kier alpha value is -0.260. The SMILES string of the molecule is CCOC(=O)[C-](C)[N+](=O)[O-].[Na+]. The van der Waals surface area contributed by atoms with Gasteiger partial charge in [0.05, 0.1) is 12.6 Å². The zero-order valence-electron chi connectivity index (χ0n) is 6.79. The first kappa shape index (κ1) is 13.3. The maximum absolute atomic E-state index is 10.5. The van der Waals surface area contributed by atoms with E-state index in [1.807, 2.05) is 0 Å². The first-order chi connectivity index (χ1) is 4.59. The van der Waals surface area contributed by atoms with Crippen molar-refractivity contribution in [3.8, 4) is 0 Å². The van der Waals surface area contributed by atoms with E-state index in [-0.39, 0.29) is 36.2 Å². The van der Waals surface area contributed by atoms with Gasteiger partial charge in [0.25, 0.3) is 0 Å². The van der Waals surface area contributed by atoms with Gasteiger partial charge in [-0.15, -0.1) is 6.92 Å². The first-order valence-electron chi connectivity index (χ1n) is 2.74. The van der Waals surface area contributed by atoms with Crippen molar-refractivity contribution in [3.63, 3.8) is 0 Å². The summed E-state index contributed by atoms with van der Waals surface area (Å²) in [6.07, 6.45) is 0. The summed E-state index contributed by atoms with van der Waals surface area (Å²) in [6.45, 7) is 2.85. The van der Waals surface area contributed by atoms with Crippen LogP contribution in [0.4, 0.5) is 0 Å². The molecule has 0 saturated carbocycles. The molecule has 0 N–H and O–H groups in total. The zero-order chi connectivity index (χ0) is 8.15. The molecule has 0 spiro atoms. The molecule has 0 rings (SSSR count). The standard InChI is InChI=1S/C5H8NO4.Na/c1-3-10-5(7)4(2)6(8)9;/h3H2,1-2H3;/q-1;+1. The summed E-state index contributed by atoms with van der Waals surface area (Å²) >= 11 is 0. The van der Waals surface area contributed by atoms with Gasteiger partial charge in [0.2, 0.25) is 5.97 Å². The van der Waals surface area contributed by atoms with Crippen molar-refractivity contribution in [1.82, 2.24) is 0 Å². The summed E-state index contributed by atoms with van der Waals surface area (Å²) in [4.78, 5) is 19.6. The molecular weight excluding hydrogens is 161 g/mol. The molecule has 0 radical (unpaired) electrons. The van der Waals surface area contributed by atoms with Gasteiger partial charge in [0, 0.05) is 0 Å². The van der Waals surface area contributed by atoms with Crippen LogP contribution < -0.4 is 29.6 Å². The van der Waals surface area contributed by atoms with Crippen molar-refractivity contribution < 1.29 is 44.0 Å². The van der Waals surface area contributed by atoms with Gasteiger partial charge in [0.15, 0.2) is 0 Å². The predicted octanol–water partition coefficient (Wildman–Crippen LogP) is -2.62. The van der Waals surface area contributed by atoms with E-state index in [4.69, 9.17) is 0 Å². The number of hydrogen-bond donors (Lipinski definition) is 0. The Bertz CT molecular complexity index is 149. The fourth-order valence-corrected chi connectivity index (χ4v) is 0.310. The first-order valence-corrected chi connectivity index (χ1v) is 2.74. The van der Waals surface area contributed by atoms with Crippen LogP contribution in [0.1, 0.15) is 13.8 Å². The second-order valence-electron chi connectivity index (χ2n) is 1.56. The van der Waals surface area contributed by atoms with Gasteiger partial charge in [-0.05, 0) is 6.92 Å². The molecule has 0 aromatic heterocycles. The molecular formula is C5H8NNaO4. The Labute approximate surface area is 86.5 Å². The van der Waals surface area contributed by atoms with Crippen molar-refractivity contribution in [1.29, 1.82) is 0 Å². The molecule has 0 aliphatic carbocycles. The van der Waals surface area contributed by atoms with Gasteiger partial charge in [-0.2, -0.15) is 0 Å². The van der Waals surface area contributed by atoms with Crippen molar-refractivity contribution in [2.24, 2.45) is 0 Å². The minimum atomic E-state index is -0.868. The summed E-state index contributed by atoms with van der Waals surface area (Å²) in [5, 5.41) is 9.88. The number of rotatable bonds is 3. The Kier molecular flexibility index (Phi) is 7.82. The number of esters is 1. The Morgan fingerprint density at radius 1 is 1.73 bits per heavy atom. The van der Waals surface area contributed by atoms with E-state index < -0.39 is 16.9 Å². The minimum absolute atomic E-state index is 0. The number of hydrogen-bond acceptors (Lipinski definition) is 4. The number of nitro groups is 1. The van der Waals surface area contributed by atoms with Crippen molar-refractivity contribution >= 4 is 5.97 Å². The summed E-state index contributed by atoms with van der Waals surface area (Å²) in [5.74, 6) is -0.868. The number of ether oxygens (including phenoxy) is 1. The molecule has 0 fully saturated rings. The van der Waals surface area contributed by atoms with Crippen molar-refractivity contribution in [2.45, 2.75) is 13.8 Å². The molecule has 0 aliphatic rings. The second-order valence-corrected chi connectivity index (χ2v) is 1.56. The quantitative estimate of drug-likeness (QED) is 0.152. The van der Waals surface area contributed by atoms with Gasteiger partial charge in [-0.3, -0.25) is 14.9 Å². The smallest absolute Gasteiger partial charge is 0.484 e. The summed E-state index contributed by atoms with van der Waals surface area (Å²) in [6, 6.07) is -0.484. The van der Waals surface area contributed by atoms with Crippen LogP contribution in [0.3, 0.4) is 0 Å². The maximum atomic E-state index is 10.5. The van der Waals surface area contributed by atoms with Gasteiger partial charge in [-0.25, -0.2) is 0 Å². The van der Waals surface area contributed by atoms with E-state index >= 15 is 0 Å². The molecule has 6 heteroatoms. The van der Waals surface area contributed by atoms with E-state index in [1.165, 1.54) is 0 Å². The average Bonchev–Trinajstić information content (AvgIpc) is 1.87. The monoisotopic (exact) mass is 169 g/mol. The van der Waals surface area contributed by atoms with Gasteiger partial charge < -0.3 is 4.74 Å². The molecule has 0 heterocycles. The van der Waals surface area contributed by atoms with Crippen molar-refractivity contribution in [3.05, 3.63) is 16.2 Å². The largest absolute Gasteiger partial charge is 1.00 e. The van der Waals surface area contributed by atoms with Crippen LogP contribution in [0.5, 0.6) is 0 Å². The third kappa shape index (κ3) is 5.06. The van der Waals surface area contributed by atoms with E-state index in [2.05, 4.69) is 4.74 Å². The van der Waals surface area contributed by atoms with Crippen LogP contribution in [0.2, 0.25) is 0 Å². The molecule has 0 aromatic carbocycles. The average molecular weight is 169 g/mol. The molecule has 0 unspecified atom stereocenters. The molecule has 0 aliphatic heterocycles. The van der Waals surface area contributed by atoms with Crippen LogP contribution in [0, 0.1) is 16.2 Å². The maximum Gasteiger partial charge on any atom is 1.00 e. The third-order valence-corrected chi connectivity index (χ3v) is 0.845. The fourth-order valence-electron chi connectivity index (χ4n) is 0.310. The number of carbonyl (C=O) groups excluding carboxylic acids is 1. The van der Waals surface area contributed by atoms with Crippen LogP contribution in [-0.4, -0.2) is 17.5 Å². The molecule has 58 valence electrons. The zero-order valence-corrected chi connectivity index (χ0v) is 8.79. The molecule has 11 heavy (non-hydrogen) atoms.